The fourth-order valence-electron chi connectivity index (χ4n) is 4.17. The van der Waals surface area contributed by atoms with Crippen LogP contribution in [0.15, 0.2) is 60.7 Å². The Morgan fingerprint density at radius 2 is 1.40 bits per heavy atom. The molecule has 2 aromatic carbocycles. The van der Waals surface area contributed by atoms with Gasteiger partial charge in [0.05, 0.1) is 0 Å². The summed E-state index contributed by atoms with van der Waals surface area (Å²) >= 11 is 0. The maximum absolute atomic E-state index is 10.1. The number of nitrogens with zero attached hydrogens (tertiary/aromatic N) is 2. The molecule has 2 aliphatic rings. The summed E-state index contributed by atoms with van der Waals surface area (Å²) in [5.41, 5.74) is -0.941. The zero-order valence-corrected chi connectivity index (χ0v) is 13.8. The third-order valence-electron chi connectivity index (χ3n) is 5.30. The highest BCUT2D eigenvalue weighted by atomic mass is 16.6. The van der Waals surface area contributed by atoms with Crippen molar-refractivity contribution in [2.75, 3.05) is 6.61 Å². The molecule has 0 N–H and O–H groups in total. The van der Waals surface area contributed by atoms with Crippen molar-refractivity contribution in [3.63, 3.8) is 0 Å². The molecule has 4 rings (SSSR count). The Labute approximate surface area is 147 Å². The first-order chi connectivity index (χ1) is 12.3. The van der Waals surface area contributed by atoms with E-state index in [-0.39, 0.29) is 5.92 Å². The van der Waals surface area contributed by atoms with Crippen LogP contribution >= 0.6 is 0 Å². The standard InChI is InChI=1S/C21H18N2O2/c22-14-20(16-8-3-1-4-9-16)18-12-7-13-24-19(18)21(15-23,25-20)17-10-5-2-6-11-17/h1-6,8-11,18-19H,7,12-13H2/t18?,19?,20-,21+/m1/s1. The van der Waals surface area contributed by atoms with Crippen molar-refractivity contribution in [3.05, 3.63) is 71.8 Å². The van der Waals surface area contributed by atoms with Gasteiger partial charge in [0, 0.05) is 18.1 Å². The summed E-state index contributed by atoms with van der Waals surface area (Å²) in [6.07, 6.45) is 1.19. The molecule has 2 heterocycles. The van der Waals surface area contributed by atoms with E-state index in [0.717, 1.165) is 24.0 Å². The molecular weight excluding hydrogens is 312 g/mol. The van der Waals surface area contributed by atoms with Gasteiger partial charge in [-0.2, -0.15) is 10.5 Å². The van der Waals surface area contributed by atoms with Crippen LogP contribution in [0.3, 0.4) is 0 Å². The molecule has 4 heteroatoms. The summed E-state index contributed by atoms with van der Waals surface area (Å²) in [5, 5.41) is 20.3. The minimum Gasteiger partial charge on any atom is -0.373 e. The highest BCUT2D eigenvalue weighted by Gasteiger charge is 2.66. The molecule has 0 spiro atoms. The predicted molar refractivity (Wildman–Crippen MR) is 91.0 cm³/mol. The van der Waals surface area contributed by atoms with Crippen molar-refractivity contribution in [1.82, 2.24) is 0 Å². The van der Waals surface area contributed by atoms with Gasteiger partial charge in [-0.15, -0.1) is 0 Å². The fraction of sp³-hybridized carbons (Fsp3) is 0.333. The summed E-state index contributed by atoms with van der Waals surface area (Å²) in [7, 11) is 0. The first kappa shape index (κ1) is 15.8. The van der Waals surface area contributed by atoms with E-state index in [4.69, 9.17) is 9.47 Å². The number of fused-ring (bicyclic) bond motifs is 1. The molecule has 2 saturated heterocycles. The van der Waals surface area contributed by atoms with Crippen LogP contribution in [0.25, 0.3) is 0 Å². The molecule has 2 unspecified atom stereocenters. The molecule has 0 aliphatic carbocycles. The number of nitriles is 2. The maximum Gasteiger partial charge on any atom is 0.208 e. The first-order valence-corrected chi connectivity index (χ1v) is 8.52. The smallest absolute Gasteiger partial charge is 0.208 e. The van der Waals surface area contributed by atoms with E-state index in [9.17, 15) is 10.5 Å². The van der Waals surface area contributed by atoms with Gasteiger partial charge in [-0.1, -0.05) is 60.7 Å². The second-order valence-electron chi connectivity index (χ2n) is 6.57. The Bertz CT molecular complexity index is 768. The molecule has 0 bridgehead atoms. The molecule has 4 atom stereocenters. The monoisotopic (exact) mass is 330 g/mol. The van der Waals surface area contributed by atoms with Crippen molar-refractivity contribution in [2.24, 2.45) is 5.92 Å². The van der Waals surface area contributed by atoms with Crippen molar-refractivity contribution in [3.8, 4) is 12.1 Å². The summed E-state index contributed by atoms with van der Waals surface area (Å²) in [5.74, 6) is -0.187. The molecule has 124 valence electrons. The number of hydrogen-bond donors (Lipinski definition) is 0. The lowest BCUT2D eigenvalue weighted by atomic mass is 9.74. The second kappa shape index (κ2) is 6.01. The summed E-state index contributed by atoms with van der Waals surface area (Å²) in [6, 6.07) is 23.6. The molecule has 0 saturated carbocycles. The van der Waals surface area contributed by atoms with Crippen molar-refractivity contribution in [2.45, 2.75) is 30.1 Å². The SMILES string of the molecule is N#C[C@@]1(c2ccccc2)O[C@](C#N)(c2ccccc2)C2CCCOC21. The highest BCUT2D eigenvalue weighted by Crippen LogP contribution is 2.56. The molecule has 0 amide bonds. The molecule has 2 aromatic rings. The Balaban J connectivity index is 1.92. The van der Waals surface area contributed by atoms with Gasteiger partial charge < -0.3 is 9.47 Å². The van der Waals surface area contributed by atoms with Crippen LogP contribution in [0.5, 0.6) is 0 Å². The lowest BCUT2D eigenvalue weighted by Gasteiger charge is -2.33. The number of rotatable bonds is 2. The van der Waals surface area contributed by atoms with Gasteiger partial charge in [0.25, 0.3) is 0 Å². The topological polar surface area (TPSA) is 66.0 Å². The van der Waals surface area contributed by atoms with Crippen molar-refractivity contribution in [1.29, 1.82) is 10.5 Å². The van der Waals surface area contributed by atoms with Crippen LogP contribution < -0.4 is 0 Å². The largest absolute Gasteiger partial charge is 0.373 e. The van der Waals surface area contributed by atoms with Crippen LogP contribution in [0.2, 0.25) is 0 Å². The molecule has 0 radical (unpaired) electrons. The number of ether oxygens (including phenoxy) is 2. The maximum atomic E-state index is 10.1. The quantitative estimate of drug-likeness (QED) is 0.843. The van der Waals surface area contributed by atoms with Crippen LogP contribution in [0.4, 0.5) is 0 Å². The molecule has 0 aromatic heterocycles. The molecule has 25 heavy (non-hydrogen) atoms. The first-order valence-electron chi connectivity index (χ1n) is 8.52. The Morgan fingerprint density at radius 1 is 0.840 bits per heavy atom. The Hall–Kier alpha value is -2.66. The van der Waals surface area contributed by atoms with Gasteiger partial charge in [0.1, 0.15) is 18.2 Å². The second-order valence-corrected chi connectivity index (χ2v) is 6.57. The fourth-order valence-corrected chi connectivity index (χ4v) is 4.17. The van der Waals surface area contributed by atoms with E-state index in [0.29, 0.717) is 6.61 Å². The van der Waals surface area contributed by atoms with Gasteiger partial charge in [-0.05, 0) is 18.4 Å². The molecular formula is C21H18N2O2. The van der Waals surface area contributed by atoms with E-state index in [2.05, 4.69) is 12.1 Å². The molecule has 4 nitrogen and oxygen atoms in total. The van der Waals surface area contributed by atoms with Gasteiger partial charge >= 0.3 is 0 Å². The average Bonchev–Trinajstić information content (AvgIpc) is 3.02. The summed E-state index contributed by atoms with van der Waals surface area (Å²) < 4.78 is 12.5. The van der Waals surface area contributed by atoms with Crippen molar-refractivity contribution < 1.29 is 9.47 Å². The van der Waals surface area contributed by atoms with E-state index >= 15 is 0 Å². The van der Waals surface area contributed by atoms with E-state index in [1.54, 1.807) is 0 Å². The lowest BCUT2D eigenvalue weighted by molar-refractivity contribution is -0.0927. The third-order valence-corrected chi connectivity index (χ3v) is 5.30. The minimum atomic E-state index is -1.28. The Morgan fingerprint density at radius 3 is 1.96 bits per heavy atom. The molecule has 2 aliphatic heterocycles. The predicted octanol–water partition coefficient (Wildman–Crippen LogP) is 3.65. The number of benzene rings is 2. The highest BCUT2D eigenvalue weighted by molar-refractivity contribution is 5.41. The zero-order chi connectivity index (χ0) is 17.3. The van der Waals surface area contributed by atoms with Gasteiger partial charge in [-0.25, -0.2) is 0 Å². The summed E-state index contributed by atoms with van der Waals surface area (Å²) in [4.78, 5) is 0. The van der Waals surface area contributed by atoms with Crippen molar-refractivity contribution >= 4 is 0 Å². The zero-order valence-electron chi connectivity index (χ0n) is 13.8. The van der Waals surface area contributed by atoms with Crippen LogP contribution in [0, 0.1) is 28.6 Å². The Kier molecular flexibility index (Phi) is 3.81. The molecule has 2 fully saturated rings. The van der Waals surface area contributed by atoms with Gasteiger partial charge in [-0.3, -0.25) is 0 Å². The van der Waals surface area contributed by atoms with Crippen LogP contribution in [0.1, 0.15) is 24.0 Å². The summed E-state index contributed by atoms with van der Waals surface area (Å²) in [6.45, 7) is 0.580. The van der Waals surface area contributed by atoms with Gasteiger partial charge in [0.15, 0.2) is 5.60 Å². The minimum absolute atomic E-state index is 0.187. The lowest BCUT2D eigenvalue weighted by Crippen LogP contribution is -2.42. The van der Waals surface area contributed by atoms with E-state index in [1.165, 1.54) is 0 Å². The van der Waals surface area contributed by atoms with E-state index in [1.807, 2.05) is 60.7 Å². The van der Waals surface area contributed by atoms with E-state index < -0.39 is 17.3 Å². The van der Waals surface area contributed by atoms with Gasteiger partial charge in [0.2, 0.25) is 5.60 Å². The third kappa shape index (κ3) is 2.19. The average molecular weight is 330 g/mol. The number of hydrogen-bond acceptors (Lipinski definition) is 4. The van der Waals surface area contributed by atoms with Crippen LogP contribution in [-0.2, 0) is 20.7 Å². The van der Waals surface area contributed by atoms with Crippen LogP contribution in [-0.4, -0.2) is 12.7 Å². The normalized spacial score (nSPS) is 33.8.